The molecule has 38 heavy (non-hydrogen) atoms. The molecule has 2 N–H and O–H groups in total. The van der Waals surface area contributed by atoms with Gasteiger partial charge in [-0.1, -0.05) is 33.1 Å². The van der Waals surface area contributed by atoms with Crippen LogP contribution in [-0.2, 0) is 14.3 Å². The lowest BCUT2D eigenvalue weighted by atomic mass is 9.82. The van der Waals surface area contributed by atoms with E-state index in [9.17, 15) is 18.8 Å². The van der Waals surface area contributed by atoms with Crippen molar-refractivity contribution in [3.8, 4) is 0 Å². The maximum Gasteiger partial charge on any atom is 0.409 e. The van der Waals surface area contributed by atoms with Gasteiger partial charge in [0.15, 0.2) is 0 Å². The van der Waals surface area contributed by atoms with Crippen molar-refractivity contribution in [1.82, 2.24) is 20.1 Å². The standard InChI is InChI=1S/C29H39FN4O4/c1-4-17(2)27(35)32-25(18-8-6-5-7-9-18)28(36)33-13-12-24-26(33)22(16-34(24)29(37)38-3)21-15-31-23-14-19(30)10-11-20(21)23/h10-11,14-15,17-18,22,24-26,31H,4-9,12-13,16H2,1-3H3,(H,32,35)/t17-,22-,24-,25+,26-/m1/s1. The van der Waals surface area contributed by atoms with Crippen molar-refractivity contribution in [2.24, 2.45) is 11.8 Å². The fourth-order valence-electron chi connectivity index (χ4n) is 6.88. The largest absolute Gasteiger partial charge is 0.453 e. The Balaban J connectivity index is 1.49. The van der Waals surface area contributed by atoms with E-state index in [-0.39, 0.29) is 47.5 Å². The maximum absolute atomic E-state index is 14.3. The van der Waals surface area contributed by atoms with Crippen LogP contribution < -0.4 is 5.32 Å². The van der Waals surface area contributed by atoms with Crippen LogP contribution >= 0.6 is 0 Å². The molecule has 206 valence electrons. The van der Waals surface area contributed by atoms with Gasteiger partial charge in [0.25, 0.3) is 0 Å². The smallest absolute Gasteiger partial charge is 0.409 e. The van der Waals surface area contributed by atoms with Crippen molar-refractivity contribution in [2.45, 2.75) is 82.8 Å². The number of methoxy groups -OCH3 is 1. The minimum atomic E-state index is -0.569. The van der Waals surface area contributed by atoms with Crippen molar-refractivity contribution in [1.29, 1.82) is 0 Å². The molecule has 3 heterocycles. The Kier molecular flexibility index (Phi) is 7.63. The lowest BCUT2D eigenvalue weighted by molar-refractivity contribution is -0.140. The Morgan fingerprint density at radius 3 is 2.63 bits per heavy atom. The van der Waals surface area contributed by atoms with Crippen LogP contribution in [0.4, 0.5) is 9.18 Å². The zero-order valence-corrected chi connectivity index (χ0v) is 22.5. The molecule has 8 nitrogen and oxygen atoms in total. The summed E-state index contributed by atoms with van der Waals surface area (Å²) in [5.41, 5.74) is 1.64. The number of benzene rings is 1. The molecule has 9 heteroatoms. The summed E-state index contributed by atoms with van der Waals surface area (Å²) < 4.78 is 19.0. The summed E-state index contributed by atoms with van der Waals surface area (Å²) in [6.45, 7) is 4.79. The molecular formula is C29H39FN4O4. The number of amides is 3. The minimum absolute atomic E-state index is 0.0522. The second-order valence-corrected chi connectivity index (χ2v) is 11.2. The van der Waals surface area contributed by atoms with E-state index in [1.165, 1.54) is 19.2 Å². The highest BCUT2D eigenvalue weighted by molar-refractivity contribution is 5.90. The highest BCUT2D eigenvalue weighted by atomic mass is 19.1. The summed E-state index contributed by atoms with van der Waals surface area (Å²) >= 11 is 0. The zero-order chi connectivity index (χ0) is 27.0. The zero-order valence-electron chi connectivity index (χ0n) is 22.5. The van der Waals surface area contributed by atoms with Gasteiger partial charge < -0.3 is 24.8 Å². The van der Waals surface area contributed by atoms with Crippen molar-refractivity contribution in [3.63, 3.8) is 0 Å². The van der Waals surface area contributed by atoms with Gasteiger partial charge in [-0.3, -0.25) is 9.59 Å². The van der Waals surface area contributed by atoms with Gasteiger partial charge in [0, 0.05) is 42.0 Å². The number of ether oxygens (including phenoxy) is 1. The van der Waals surface area contributed by atoms with Crippen molar-refractivity contribution in [3.05, 3.63) is 35.8 Å². The molecule has 3 fully saturated rings. The van der Waals surface area contributed by atoms with E-state index in [2.05, 4.69) is 10.3 Å². The SMILES string of the molecule is CC[C@@H](C)C(=O)N[C@H](C(=O)N1CC[C@@H]2[C@H]1[C@@H](c1c[nH]c3cc(F)ccc13)CN2C(=O)OC)C1CCCCC1. The number of hydrogen-bond acceptors (Lipinski definition) is 4. The van der Waals surface area contributed by atoms with Crippen LogP contribution in [0.3, 0.4) is 0 Å². The second-order valence-electron chi connectivity index (χ2n) is 11.2. The van der Waals surface area contributed by atoms with Gasteiger partial charge in [0.05, 0.1) is 19.2 Å². The molecule has 0 spiro atoms. The Hall–Kier alpha value is -3.10. The quantitative estimate of drug-likeness (QED) is 0.577. The van der Waals surface area contributed by atoms with Crippen molar-refractivity contribution in [2.75, 3.05) is 20.2 Å². The number of aromatic nitrogens is 1. The van der Waals surface area contributed by atoms with Gasteiger partial charge in [0.2, 0.25) is 11.8 Å². The van der Waals surface area contributed by atoms with E-state index >= 15 is 0 Å². The van der Waals surface area contributed by atoms with Gasteiger partial charge >= 0.3 is 6.09 Å². The molecule has 0 radical (unpaired) electrons. The molecule has 5 atom stereocenters. The summed E-state index contributed by atoms with van der Waals surface area (Å²) in [7, 11) is 1.38. The third-order valence-electron chi connectivity index (χ3n) is 9.14. The molecule has 0 unspecified atom stereocenters. The number of rotatable bonds is 6. The molecule has 2 aromatic rings. The lowest BCUT2D eigenvalue weighted by Crippen LogP contribution is -2.55. The van der Waals surface area contributed by atoms with E-state index in [0.29, 0.717) is 31.4 Å². The first-order chi connectivity index (χ1) is 18.3. The second kappa shape index (κ2) is 10.9. The first-order valence-corrected chi connectivity index (χ1v) is 14.1. The van der Waals surface area contributed by atoms with Gasteiger partial charge in [-0.25, -0.2) is 9.18 Å². The number of fused-ring (bicyclic) bond motifs is 2. The van der Waals surface area contributed by atoms with Crippen LogP contribution in [0.15, 0.2) is 24.4 Å². The molecule has 1 saturated carbocycles. The summed E-state index contributed by atoms with van der Waals surface area (Å²) in [5.74, 6) is -0.677. The van der Waals surface area contributed by atoms with E-state index in [4.69, 9.17) is 4.74 Å². The normalized spacial score (nSPS) is 25.3. The third-order valence-corrected chi connectivity index (χ3v) is 9.14. The van der Waals surface area contributed by atoms with Gasteiger partial charge in [0.1, 0.15) is 11.9 Å². The number of H-pyrrole nitrogens is 1. The summed E-state index contributed by atoms with van der Waals surface area (Å²) in [5, 5.41) is 4.03. The number of carbonyl (C=O) groups excluding carboxylic acids is 3. The molecule has 3 amide bonds. The minimum Gasteiger partial charge on any atom is -0.453 e. The van der Waals surface area contributed by atoms with Gasteiger partial charge in [-0.15, -0.1) is 0 Å². The molecule has 2 saturated heterocycles. The van der Waals surface area contributed by atoms with Crippen LogP contribution in [0, 0.1) is 17.7 Å². The van der Waals surface area contributed by atoms with Crippen LogP contribution in [0.25, 0.3) is 10.9 Å². The third kappa shape index (κ3) is 4.76. The number of aromatic amines is 1. The fourth-order valence-corrected chi connectivity index (χ4v) is 6.88. The van der Waals surface area contributed by atoms with Gasteiger partial charge in [-0.05, 0) is 55.4 Å². The van der Waals surface area contributed by atoms with Crippen LogP contribution in [0.5, 0.6) is 0 Å². The van der Waals surface area contributed by atoms with Gasteiger partial charge in [-0.2, -0.15) is 0 Å². The molecular weight excluding hydrogens is 487 g/mol. The molecule has 1 aromatic heterocycles. The Morgan fingerprint density at radius 1 is 1.16 bits per heavy atom. The number of carbonyl (C=O) groups is 3. The van der Waals surface area contributed by atoms with Crippen LogP contribution in [0.1, 0.15) is 70.3 Å². The number of hydrogen-bond donors (Lipinski definition) is 2. The monoisotopic (exact) mass is 526 g/mol. The molecule has 0 bridgehead atoms. The van der Waals surface area contributed by atoms with E-state index in [0.717, 1.165) is 43.1 Å². The Bertz CT molecular complexity index is 1190. The first kappa shape index (κ1) is 26.5. The number of halogens is 1. The average Bonchev–Trinajstić information content (AvgIpc) is 3.65. The Morgan fingerprint density at radius 2 is 1.92 bits per heavy atom. The Labute approximate surface area is 223 Å². The van der Waals surface area contributed by atoms with E-state index < -0.39 is 12.1 Å². The highest BCUT2D eigenvalue weighted by Crippen LogP contribution is 2.44. The number of likely N-dealkylation sites (tertiary alicyclic amines) is 2. The topological polar surface area (TPSA) is 94.7 Å². The fraction of sp³-hybridized carbons (Fsp3) is 0.621. The molecule has 3 aliphatic rings. The van der Waals surface area contributed by atoms with Crippen molar-refractivity contribution >= 4 is 28.8 Å². The van der Waals surface area contributed by atoms with E-state index in [1.807, 2.05) is 24.9 Å². The molecule has 1 aliphatic carbocycles. The maximum atomic E-state index is 14.3. The summed E-state index contributed by atoms with van der Waals surface area (Å²) in [4.78, 5) is 46.9. The van der Waals surface area contributed by atoms with Crippen LogP contribution in [-0.4, -0.2) is 71.0 Å². The number of nitrogens with zero attached hydrogens (tertiary/aromatic N) is 2. The predicted molar refractivity (Wildman–Crippen MR) is 142 cm³/mol. The molecule has 1 aromatic carbocycles. The van der Waals surface area contributed by atoms with E-state index in [1.54, 1.807) is 11.0 Å². The summed E-state index contributed by atoms with van der Waals surface area (Å²) in [6, 6.07) is 3.65. The van der Waals surface area contributed by atoms with Crippen LogP contribution in [0.2, 0.25) is 0 Å². The summed E-state index contributed by atoms with van der Waals surface area (Å²) in [6.07, 6.45) is 7.94. The highest BCUT2D eigenvalue weighted by Gasteiger charge is 2.54. The predicted octanol–water partition coefficient (Wildman–Crippen LogP) is 4.55. The average molecular weight is 527 g/mol. The number of nitrogens with one attached hydrogen (secondary N) is 2. The molecule has 5 rings (SSSR count). The van der Waals surface area contributed by atoms with Crippen molar-refractivity contribution < 1.29 is 23.5 Å². The first-order valence-electron chi connectivity index (χ1n) is 14.1. The molecule has 2 aliphatic heterocycles. The lowest BCUT2D eigenvalue weighted by Gasteiger charge is -2.36.